The first-order valence-corrected chi connectivity index (χ1v) is 11.6. The quantitative estimate of drug-likeness (QED) is 0.585. The van der Waals surface area contributed by atoms with Gasteiger partial charge in [0.2, 0.25) is 5.72 Å². The third-order valence-corrected chi connectivity index (χ3v) is 7.51. The van der Waals surface area contributed by atoms with E-state index in [9.17, 15) is 0 Å². The second kappa shape index (κ2) is 7.88. The van der Waals surface area contributed by atoms with Crippen LogP contribution in [0.4, 0.5) is 0 Å². The number of fused-ring (bicyclic) bond motifs is 4. The fraction of sp³-hybridized carbons (Fsp3) is 0.458. The maximum absolute atomic E-state index is 6.77. The lowest BCUT2D eigenvalue weighted by Crippen LogP contribution is -2.59. The highest BCUT2D eigenvalue weighted by Crippen LogP contribution is 2.52. The highest BCUT2D eigenvalue weighted by Gasteiger charge is 2.52. The number of para-hydroxylation sites is 1. The average Bonchev–Trinajstić information content (AvgIpc) is 3.23. The zero-order chi connectivity index (χ0) is 21.8. The summed E-state index contributed by atoms with van der Waals surface area (Å²) < 4.78 is 12.4. The van der Waals surface area contributed by atoms with Gasteiger partial charge in [-0.3, -0.25) is 0 Å². The second-order valence-corrected chi connectivity index (χ2v) is 9.61. The van der Waals surface area contributed by atoms with Crippen LogP contribution in [0.25, 0.3) is 0 Å². The molecule has 0 unspecified atom stereocenters. The van der Waals surface area contributed by atoms with E-state index in [1.54, 1.807) is 7.11 Å². The zero-order valence-electron chi connectivity index (χ0n) is 18.1. The molecule has 3 aliphatic rings. The number of methoxy groups -OCH3 is 1. The highest BCUT2D eigenvalue weighted by molar-refractivity contribution is 6.42. The fourth-order valence-electron chi connectivity index (χ4n) is 5.00. The first-order chi connectivity index (χ1) is 14.9. The Hall–Kier alpha value is -1.95. The van der Waals surface area contributed by atoms with Gasteiger partial charge in [0.05, 0.1) is 28.9 Å². The summed E-state index contributed by atoms with van der Waals surface area (Å²) in [5, 5.41) is 8.43. The van der Waals surface area contributed by atoms with Crippen LogP contribution in [0.3, 0.4) is 0 Å². The van der Waals surface area contributed by atoms with Gasteiger partial charge < -0.3 is 14.4 Å². The number of hydrazone groups is 1. The largest absolute Gasteiger partial charge is 0.493 e. The standard InChI is InChI=1S/C24H27Cl2N3O2/c1-15(2)28-11-9-24(10-12-28)29-21(17-5-4-6-22(30-3)23(17)31-24)14-20(27-29)16-7-8-18(25)19(26)13-16/h4-8,13,15,21H,9-12,14H2,1-3H3/t21-/m0/s1. The molecule has 3 aliphatic heterocycles. The van der Waals surface area contributed by atoms with Crippen LogP contribution in [0.5, 0.6) is 11.5 Å². The summed E-state index contributed by atoms with van der Waals surface area (Å²) in [5.41, 5.74) is 2.65. The van der Waals surface area contributed by atoms with Crippen molar-refractivity contribution < 1.29 is 9.47 Å². The monoisotopic (exact) mass is 459 g/mol. The summed E-state index contributed by atoms with van der Waals surface area (Å²) in [7, 11) is 1.70. The molecule has 0 aromatic heterocycles. The van der Waals surface area contributed by atoms with Gasteiger partial charge in [0.15, 0.2) is 11.5 Å². The van der Waals surface area contributed by atoms with Crippen LogP contribution in [0.2, 0.25) is 10.0 Å². The molecule has 5 nitrogen and oxygen atoms in total. The minimum atomic E-state index is -0.477. The number of nitrogens with zero attached hydrogens (tertiary/aromatic N) is 3. The number of benzene rings is 2. The Morgan fingerprint density at radius 1 is 1.13 bits per heavy atom. The molecule has 0 bridgehead atoms. The van der Waals surface area contributed by atoms with Gasteiger partial charge in [0.25, 0.3) is 0 Å². The van der Waals surface area contributed by atoms with E-state index in [0.29, 0.717) is 16.1 Å². The van der Waals surface area contributed by atoms with E-state index in [1.807, 2.05) is 30.3 Å². The smallest absolute Gasteiger partial charge is 0.200 e. The fourth-order valence-corrected chi connectivity index (χ4v) is 5.30. The van der Waals surface area contributed by atoms with Crippen molar-refractivity contribution in [3.8, 4) is 11.5 Å². The summed E-state index contributed by atoms with van der Waals surface area (Å²) in [6.07, 6.45) is 2.56. The van der Waals surface area contributed by atoms with E-state index in [-0.39, 0.29) is 6.04 Å². The van der Waals surface area contributed by atoms with E-state index >= 15 is 0 Å². The summed E-state index contributed by atoms with van der Waals surface area (Å²) in [5.74, 6) is 1.64. The second-order valence-electron chi connectivity index (χ2n) is 8.80. The number of halogens is 2. The Morgan fingerprint density at radius 3 is 2.58 bits per heavy atom. The lowest BCUT2D eigenvalue weighted by atomic mass is 9.90. The third-order valence-electron chi connectivity index (χ3n) is 6.77. The van der Waals surface area contributed by atoms with Crippen molar-refractivity contribution in [2.24, 2.45) is 5.10 Å². The number of rotatable bonds is 3. The molecule has 7 heteroatoms. The predicted octanol–water partition coefficient (Wildman–Crippen LogP) is 5.75. The van der Waals surface area contributed by atoms with Crippen LogP contribution >= 0.6 is 23.2 Å². The van der Waals surface area contributed by atoms with E-state index in [1.165, 1.54) is 0 Å². The maximum atomic E-state index is 6.77. The summed E-state index contributed by atoms with van der Waals surface area (Å²) >= 11 is 12.5. The molecular formula is C24H27Cl2N3O2. The Labute approximate surface area is 193 Å². The number of likely N-dealkylation sites (tertiary alicyclic amines) is 1. The first-order valence-electron chi connectivity index (χ1n) is 10.8. The minimum absolute atomic E-state index is 0.105. The molecule has 3 heterocycles. The van der Waals surface area contributed by atoms with Crippen molar-refractivity contribution in [2.45, 2.75) is 50.9 Å². The molecule has 0 N–H and O–H groups in total. The molecule has 0 saturated carbocycles. The third kappa shape index (κ3) is 3.47. The molecule has 2 aromatic carbocycles. The number of ether oxygens (including phenoxy) is 2. The Bertz CT molecular complexity index is 1030. The molecule has 164 valence electrons. The molecule has 0 aliphatic carbocycles. The average molecular weight is 460 g/mol. The highest BCUT2D eigenvalue weighted by atomic mass is 35.5. The molecular weight excluding hydrogens is 433 g/mol. The van der Waals surface area contributed by atoms with Gasteiger partial charge in [-0.1, -0.05) is 41.4 Å². The molecule has 1 atom stereocenters. The van der Waals surface area contributed by atoms with Gasteiger partial charge in [-0.25, -0.2) is 5.01 Å². The van der Waals surface area contributed by atoms with Crippen LogP contribution < -0.4 is 9.47 Å². The summed E-state index contributed by atoms with van der Waals surface area (Å²) in [6, 6.07) is 12.5. The zero-order valence-corrected chi connectivity index (χ0v) is 19.6. The molecule has 5 rings (SSSR count). The number of hydrogen-bond donors (Lipinski definition) is 0. The van der Waals surface area contributed by atoms with Gasteiger partial charge in [0.1, 0.15) is 0 Å². The lowest BCUT2D eigenvalue weighted by Gasteiger charge is -2.51. The van der Waals surface area contributed by atoms with E-state index < -0.39 is 5.72 Å². The number of piperidine rings is 1. The summed E-state index contributed by atoms with van der Waals surface area (Å²) in [4.78, 5) is 2.50. The Kier molecular flexibility index (Phi) is 5.32. The van der Waals surface area contributed by atoms with Crippen LogP contribution in [0.1, 0.15) is 50.3 Å². The van der Waals surface area contributed by atoms with Crippen LogP contribution in [0.15, 0.2) is 41.5 Å². The SMILES string of the molecule is COc1cccc2c1OC1(CCN(C(C)C)CC1)N1N=C(c3ccc(Cl)c(Cl)c3)C[C@@H]21. The van der Waals surface area contributed by atoms with Crippen molar-refractivity contribution >= 4 is 28.9 Å². The lowest BCUT2D eigenvalue weighted by molar-refractivity contribution is -0.153. The van der Waals surface area contributed by atoms with Crippen molar-refractivity contribution in [1.29, 1.82) is 0 Å². The van der Waals surface area contributed by atoms with Gasteiger partial charge >= 0.3 is 0 Å². The Morgan fingerprint density at radius 2 is 1.90 bits per heavy atom. The van der Waals surface area contributed by atoms with E-state index in [0.717, 1.165) is 60.7 Å². The first kappa shape index (κ1) is 20.9. The molecule has 2 aromatic rings. The van der Waals surface area contributed by atoms with Crippen LogP contribution in [-0.4, -0.2) is 47.6 Å². The molecule has 1 fully saturated rings. The van der Waals surface area contributed by atoms with E-state index in [2.05, 4.69) is 29.8 Å². The van der Waals surface area contributed by atoms with E-state index in [4.69, 9.17) is 37.8 Å². The van der Waals surface area contributed by atoms with Crippen LogP contribution in [-0.2, 0) is 0 Å². The van der Waals surface area contributed by atoms with Gasteiger partial charge in [-0.15, -0.1) is 0 Å². The molecule has 31 heavy (non-hydrogen) atoms. The normalized spacial score (nSPS) is 22.2. The van der Waals surface area contributed by atoms with Crippen LogP contribution in [0, 0.1) is 0 Å². The predicted molar refractivity (Wildman–Crippen MR) is 124 cm³/mol. The minimum Gasteiger partial charge on any atom is -0.493 e. The molecule has 1 saturated heterocycles. The van der Waals surface area contributed by atoms with Gasteiger partial charge in [-0.05, 0) is 37.6 Å². The van der Waals surface area contributed by atoms with Crippen molar-refractivity contribution in [2.75, 3.05) is 20.2 Å². The van der Waals surface area contributed by atoms with Gasteiger partial charge in [-0.2, -0.15) is 5.10 Å². The Balaban J connectivity index is 1.57. The molecule has 1 spiro atoms. The van der Waals surface area contributed by atoms with Crippen molar-refractivity contribution in [3.05, 3.63) is 57.6 Å². The summed E-state index contributed by atoms with van der Waals surface area (Å²) in [6.45, 7) is 6.44. The van der Waals surface area contributed by atoms with Crippen molar-refractivity contribution in [1.82, 2.24) is 9.91 Å². The van der Waals surface area contributed by atoms with Gasteiger partial charge in [0, 0.05) is 44.0 Å². The maximum Gasteiger partial charge on any atom is 0.200 e. The number of hydrogen-bond acceptors (Lipinski definition) is 5. The topological polar surface area (TPSA) is 37.3 Å². The molecule has 0 radical (unpaired) electrons. The molecule has 0 amide bonds. The van der Waals surface area contributed by atoms with Crippen molar-refractivity contribution in [3.63, 3.8) is 0 Å².